The van der Waals surface area contributed by atoms with Crippen LogP contribution in [-0.2, 0) is 19.1 Å². The van der Waals surface area contributed by atoms with Crippen molar-refractivity contribution in [3.8, 4) is 6.07 Å². The molecule has 120 valence electrons. The second kappa shape index (κ2) is 9.38. The molecule has 0 fully saturated rings. The Kier molecular flexibility index (Phi) is 8.68. The highest BCUT2D eigenvalue weighted by Crippen LogP contribution is 2.40. The molecule has 0 aromatic carbocycles. The first-order chi connectivity index (χ1) is 9.92. The summed E-state index contributed by atoms with van der Waals surface area (Å²) in [5, 5.41) is 9.67. The number of unbranched alkanes of at least 4 members (excludes halogenated alkanes) is 1. The van der Waals surface area contributed by atoms with Gasteiger partial charge < -0.3 is 9.47 Å². The van der Waals surface area contributed by atoms with Gasteiger partial charge in [0.05, 0.1) is 25.2 Å². The van der Waals surface area contributed by atoms with Crippen molar-refractivity contribution >= 4 is 11.9 Å². The Labute approximate surface area is 127 Å². The minimum Gasteiger partial charge on any atom is -0.466 e. The molecular formula is C16H27NO4. The first-order valence-electron chi connectivity index (χ1n) is 7.67. The van der Waals surface area contributed by atoms with Gasteiger partial charge in [0.15, 0.2) is 5.41 Å². The molecule has 2 unspecified atom stereocenters. The van der Waals surface area contributed by atoms with Gasteiger partial charge in [0.1, 0.15) is 0 Å². The van der Waals surface area contributed by atoms with Crippen LogP contribution in [0.5, 0.6) is 0 Å². The third kappa shape index (κ3) is 4.45. The SMILES string of the molecule is CCCCC(C(=O)OCC)C(C#N)(C(=O)OCC)C(C)C. The van der Waals surface area contributed by atoms with Crippen LogP contribution in [-0.4, -0.2) is 25.2 Å². The lowest BCUT2D eigenvalue weighted by Crippen LogP contribution is -2.47. The van der Waals surface area contributed by atoms with Crippen molar-refractivity contribution in [3.63, 3.8) is 0 Å². The fourth-order valence-corrected chi connectivity index (χ4v) is 2.47. The van der Waals surface area contributed by atoms with E-state index in [1.165, 1.54) is 0 Å². The van der Waals surface area contributed by atoms with E-state index in [0.29, 0.717) is 6.42 Å². The molecule has 5 heteroatoms. The number of carbonyl (C=O) groups excluding carboxylic acids is 2. The van der Waals surface area contributed by atoms with Gasteiger partial charge in [0.2, 0.25) is 0 Å². The zero-order chi connectivity index (χ0) is 16.5. The van der Waals surface area contributed by atoms with E-state index in [9.17, 15) is 14.9 Å². The van der Waals surface area contributed by atoms with E-state index in [-0.39, 0.29) is 19.1 Å². The number of hydrogen-bond donors (Lipinski definition) is 0. The number of carbonyl (C=O) groups is 2. The van der Waals surface area contributed by atoms with Gasteiger partial charge in [-0.1, -0.05) is 33.6 Å². The lowest BCUT2D eigenvalue weighted by molar-refractivity contribution is -0.168. The molecule has 0 aliphatic carbocycles. The molecule has 0 saturated heterocycles. The van der Waals surface area contributed by atoms with E-state index in [0.717, 1.165) is 12.8 Å². The first kappa shape index (κ1) is 19.4. The molecule has 0 aliphatic rings. The summed E-state index contributed by atoms with van der Waals surface area (Å²) < 4.78 is 10.2. The summed E-state index contributed by atoms with van der Waals surface area (Å²) in [5.41, 5.74) is -1.49. The summed E-state index contributed by atoms with van der Waals surface area (Å²) in [7, 11) is 0. The van der Waals surface area contributed by atoms with Crippen molar-refractivity contribution in [1.29, 1.82) is 5.26 Å². The normalized spacial score (nSPS) is 14.9. The van der Waals surface area contributed by atoms with E-state index in [2.05, 4.69) is 6.07 Å². The Morgan fingerprint density at radius 3 is 2.10 bits per heavy atom. The van der Waals surface area contributed by atoms with Crippen LogP contribution in [0.15, 0.2) is 0 Å². The van der Waals surface area contributed by atoms with Crippen LogP contribution >= 0.6 is 0 Å². The fourth-order valence-electron chi connectivity index (χ4n) is 2.47. The van der Waals surface area contributed by atoms with Crippen LogP contribution in [0, 0.1) is 28.6 Å². The summed E-state index contributed by atoms with van der Waals surface area (Å²) in [6.45, 7) is 9.32. The van der Waals surface area contributed by atoms with Crippen molar-refractivity contribution in [2.24, 2.45) is 17.3 Å². The van der Waals surface area contributed by atoms with Gasteiger partial charge in [-0.05, 0) is 26.2 Å². The summed E-state index contributed by atoms with van der Waals surface area (Å²) in [4.78, 5) is 24.7. The molecule has 21 heavy (non-hydrogen) atoms. The van der Waals surface area contributed by atoms with Gasteiger partial charge in [0, 0.05) is 0 Å². The minimum atomic E-state index is -1.49. The number of esters is 2. The average molecular weight is 297 g/mol. The van der Waals surface area contributed by atoms with Crippen LogP contribution in [0.4, 0.5) is 0 Å². The topological polar surface area (TPSA) is 76.4 Å². The fraction of sp³-hybridized carbons (Fsp3) is 0.812. The smallest absolute Gasteiger partial charge is 0.327 e. The van der Waals surface area contributed by atoms with Crippen LogP contribution in [0.3, 0.4) is 0 Å². The summed E-state index contributed by atoms with van der Waals surface area (Å²) >= 11 is 0. The third-order valence-electron chi connectivity index (χ3n) is 3.68. The van der Waals surface area contributed by atoms with Gasteiger partial charge in [0.25, 0.3) is 0 Å². The van der Waals surface area contributed by atoms with Gasteiger partial charge in [-0.3, -0.25) is 9.59 Å². The Balaban J connectivity index is 5.71. The lowest BCUT2D eigenvalue weighted by atomic mass is 9.67. The van der Waals surface area contributed by atoms with Gasteiger partial charge in [-0.2, -0.15) is 5.26 Å². The van der Waals surface area contributed by atoms with Crippen molar-refractivity contribution in [1.82, 2.24) is 0 Å². The molecule has 0 aromatic rings. The standard InChI is InChI=1S/C16H27NO4/c1-6-9-10-13(14(18)20-7-2)16(11-17,12(4)5)15(19)21-8-3/h12-13H,6-10H2,1-5H3. The van der Waals surface area contributed by atoms with Gasteiger partial charge >= 0.3 is 11.9 Å². The zero-order valence-electron chi connectivity index (χ0n) is 13.8. The lowest BCUT2D eigenvalue weighted by Gasteiger charge is -2.34. The van der Waals surface area contributed by atoms with Crippen molar-refractivity contribution < 1.29 is 19.1 Å². The first-order valence-corrected chi connectivity index (χ1v) is 7.67. The number of ether oxygens (including phenoxy) is 2. The Morgan fingerprint density at radius 2 is 1.71 bits per heavy atom. The summed E-state index contributed by atoms with van der Waals surface area (Å²) in [6, 6.07) is 2.07. The molecule has 0 aromatic heterocycles. The maximum Gasteiger partial charge on any atom is 0.327 e. The monoisotopic (exact) mass is 297 g/mol. The van der Waals surface area contributed by atoms with E-state index >= 15 is 0 Å². The largest absolute Gasteiger partial charge is 0.466 e. The Bertz CT molecular complexity index is 386. The molecule has 0 bridgehead atoms. The van der Waals surface area contributed by atoms with Gasteiger partial charge in [-0.15, -0.1) is 0 Å². The highest BCUT2D eigenvalue weighted by Gasteiger charge is 2.53. The molecule has 0 saturated carbocycles. The summed E-state index contributed by atoms with van der Waals surface area (Å²) in [5.74, 6) is -2.25. The van der Waals surface area contributed by atoms with Crippen LogP contribution in [0.25, 0.3) is 0 Å². The highest BCUT2D eigenvalue weighted by atomic mass is 16.5. The predicted octanol–water partition coefficient (Wildman–Crippen LogP) is 3.08. The highest BCUT2D eigenvalue weighted by molar-refractivity contribution is 5.88. The van der Waals surface area contributed by atoms with Crippen LogP contribution in [0.1, 0.15) is 53.9 Å². The maximum atomic E-state index is 12.4. The summed E-state index contributed by atoms with van der Waals surface area (Å²) in [6.07, 6.45) is 2.07. The van der Waals surface area contributed by atoms with E-state index in [1.54, 1.807) is 27.7 Å². The van der Waals surface area contributed by atoms with Crippen LogP contribution in [0.2, 0.25) is 0 Å². The second-order valence-electron chi connectivity index (χ2n) is 5.30. The third-order valence-corrected chi connectivity index (χ3v) is 3.68. The number of nitriles is 1. The number of rotatable bonds is 9. The minimum absolute atomic E-state index is 0.179. The number of nitrogens with zero attached hydrogens (tertiary/aromatic N) is 1. The maximum absolute atomic E-state index is 12.4. The Hall–Kier alpha value is -1.57. The molecule has 0 amide bonds. The Morgan fingerprint density at radius 1 is 1.14 bits per heavy atom. The second-order valence-corrected chi connectivity index (χ2v) is 5.30. The van der Waals surface area contributed by atoms with Crippen LogP contribution < -0.4 is 0 Å². The van der Waals surface area contributed by atoms with E-state index in [4.69, 9.17) is 9.47 Å². The number of hydrogen-bond acceptors (Lipinski definition) is 5. The molecule has 0 rings (SSSR count). The molecule has 0 spiro atoms. The predicted molar refractivity (Wildman–Crippen MR) is 79.2 cm³/mol. The average Bonchev–Trinajstić information content (AvgIpc) is 2.43. The van der Waals surface area contributed by atoms with Crippen molar-refractivity contribution in [3.05, 3.63) is 0 Å². The molecule has 5 nitrogen and oxygen atoms in total. The quantitative estimate of drug-likeness (QED) is 0.611. The molecular weight excluding hydrogens is 270 g/mol. The zero-order valence-corrected chi connectivity index (χ0v) is 13.8. The molecule has 0 aliphatic heterocycles. The molecule has 2 atom stereocenters. The molecule has 0 radical (unpaired) electrons. The molecule has 0 N–H and O–H groups in total. The van der Waals surface area contributed by atoms with E-state index < -0.39 is 23.3 Å². The molecule has 0 heterocycles. The van der Waals surface area contributed by atoms with Gasteiger partial charge in [-0.25, -0.2) is 0 Å². The van der Waals surface area contributed by atoms with Crippen molar-refractivity contribution in [2.45, 2.75) is 53.9 Å². The van der Waals surface area contributed by atoms with Crippen molar-refractivity contribution in [2.75, 3.05) is 13.2 Å². The van der Waals surface area contributed by atoms with E-state index in [1.807, 2.05) is 6.92 Å².